The predicted octanol–water partition coefficient (Wildman–Crippen LogP) is 2.74. The molecule has 0 spiro atoms. The van der Waals surface area contributed by atoms with Gasteiger partial charge in [-0.25, -0.2) is 0 Å². The van der Waals surface area contributed by atoms with Gasteiger partial charge in [-0.05, 0) is 39.5 Å². The first-order chi connectivity index (χ1) is 7.50. The molecule has 0 saturated carbocycles. The van der Waals surface area contributed by atoms with E-state index in [4.69, 9.17) is 11.6 Å². The smallest absolute Gasteiger partial charge is 0.274 e. The van der Waals surface area contributed by atoms with Gasteiger partial charge in [-0.15, -0.1) is 0 Å². The van der Waals surface area contributed by atoms with Crippen molar-refractivity contribution in [2.24, 2.45) is 0 Å². The van der Waals surface area contributed by atoms with Crippen LogP contribution in [0.2, 0.25) is 5.02 Å². The third-order valence-electron chi connectivity index (χ3n) is 2.30. The van der Waals surface area contributed by atoms with Crippen LogP contribution in [-0.4, -0.2) is 30.5 Å². The van der Waals surface area contributed by atoms with Crippen molar-refractivity contribution in [3.63, 3.8) is 0 Å². The fourth-order valence-electron chi connectivity index (χ4n) is 1.50. The number of nitro groups is 1. The summed E-state index contributed by atoms with van der Waals surface area (Å²) in [4.78, 5) is 12.5. The van der Waals surface area contributed by atoms with Gasteiger partial charge < -0.3 is 4.90 Å². The maximum Gasteiger partial charge on any atom is 0.274 e. The predicted molar refractivity (Wildman–Crippen MR) is 65.0 cm³/mol. The summed E-state index contributed by atoms with van der Waals surface area (Å²) in [5.74, 6) is 0. The molecule has 88 valence electrons. The number of hydrogen-bond donors (Lipinski definition) is 0. The molecule has 1 aromatic rings. The molecule has 1 aromatic carbocycles. The number of aryl methyl sites for hydroxylation is 1. The molecular weight excluding hydrogens is 228 g/mol. The molecule has 0 heterocycles. The fraction of sp³-hybridized carbons (Fsp3) is 0.455. The Morgan fingerprint density at radius 1 is 1.44 bits per heavy atom. The lowest BCUT2D eigenvalue weighted by Crippen LogP contribution is -2.13. The highest BCUT2D eigenvalue weighted by atomic mass is 35.5. The minimum Gasteiger partial charge on any atom is -0.309 e. The van der Waals surface area contributed by atoms with E-state index in [-0.39, 0.29) is 10.6 Å². The van der Waals surface area contributed by atoms with E-state index >= 15 is 0 Å². The maximum atomic E-state index is 10.8. The summed E-state index contributed by atoms with van der Waals surface area (Å²) in [6, 6.07) is 4.84. The molecule has 1 rings (SSSR count). The molecule has 0 N–H and O–H groups in total. The highest BCUT2D eigenvalue weighted by molar-refractivity contribution is 6.30. The second-order valence-electron chi connectivity index (χ2n) is 3.94. The normalized spacial score (nSPS) is 10.8. The average molecular weight is 243 g/mol. The number of hydrogen-bond acceptors (Lipinski definition) is 3. The molecule has 0 amide bonds. The molecule has 0 aliphatic carbocycles. The Morgan fingerprint density at radius 3 is 2.69 bits per heavy atom. The zero-order valence-electron chi connectivity index (χ0n) is 9.44. The van der Waals surface area contributed by atoms with Gasteiger partial charge in [0.25, 0.3) is 5.69 Å². The molecule has 0 aromatic heterocycles. The molecule has 0 radical (unpaired) electrons. The van der Waals surface area contributed by atoms with Crippen LogP contribution in [0.5, 0.6) is 0 Å². The second-order valence-corrected chi connectivity index (χ2v) is 4.37. The average Bonchev–Trinajstić information content (AvgIpc) is 2.19. The van der Waals surface area contributed by atoms with Gasteiger partial charge in [0.05, 0.1) is 4.92 Å². The lowest BCUT2D eigenvalue weighted by atomic mass is 10.1. The Morgan fingerprint density at radius 2 is 2.12 bits per heavy atom. The van der Waals surface area contributed by atoms with Crippen LogP contribution in [0, 0.1) is 10.1 Å². The van der Waals surface area contributed by atoms with Crippen molar-refractivity contribution in [3.8, 4) is 0 Å². The minimum atomic E-state index is -0.378. The summed E-state index contributed by atoms with van der Waals surface area (Å²) < 4.78 is 0. The number of nitro benzene ring substituents is 1. The van der Waals surface area contributed by atoms with Crippen LogP contribution >= 0.6 is 11.6 Å². The van der Waals surface area contributed by atoms with Gasteiger partial charge in [0.15, 0.2) is 0 Å². The third-order valence-corrected chi connectivity index (χ3v) is 2.53. The van der Waals surface area contributed by atoms with Crippen molar-refractivity contribution in [2.75, 3.05) is 20.6 Å². The van der Waals surface area contributed by atoms with Crippen molar-refractivity contribution in [2.45, 2.75) is 12.8 Å². The Hall–Kier alpha value is -1.13. The quantitative estimate of drug-likeness (QED) is 0.589. The van der Waals surface area contributed by atoms with Crippen molar-refractivity contribution in [1.29, 1.82) is 0 Å². The molecule has 0 aliphatic heterocycles. The van der Waals surface area contributed by atoms with Crippen LogP contribution in [0.3, 0.4) is 0 Å². The van der Waals surface area contributed by atoms with Crippen LogP contribution in [0.4, 0.5) is 5.69 Å². The topological polar surface area (TPSA) is 46.4 Å². The monoisotopic (exact) mass is 242 g/mol. The molecule has 0 atom stereocenters. The molecule has 0 bridgehead atoms. The Labute approximate surface area is 100.0 Å². The first-order valence-corrected chi connectivity index (χ1v) is 5.46. The van der Waals surface area contributed by atoms with Gasteiger partial charge in [0.2, 0.25) is 0 Å². The van der Waals surface area contributed by atoms with Crippen LogP contribution in [0.25, 0.3) is 0 Å². The summed E-state index contributed by atoms with van der Waals surface area (Å²) in [7, 11) is 3.96. The van der Waals surface area contributed by atoms with E-state index in [9.17, 15) is 10.1 Å². The molecule has 0 aliphatic rings. The van der Waals surface area contributed by atoms with Crippen molar-refractivity contribution < 1.29 is 4.92 Å². The van der Waals surface area contributed by atoms with E-state index in [1.165, 1.54) is 6.07 Å². The lowest BCUT2D eigenvalue weighted by molar-refractivity contribution is -0.385. The van der Waals surface area contributed by atoms with Crippen LogP contribution < -0.4 is 0 Å². The van der Waals surface area contributed by atoms with Gasteiger partial charge >= 0.3 is 0 Å². The minimum absolute atomic E-state index is 0.117. The molecule has 16 heavy (non-hydrogen) atoms. The second kappa shape index (κ2) is 5.82. The van der Waals surface area contributed by atoms with E-state index in [0.717, 1.165) is 18.5 Å². The number of halogens is 1. The van der Waals surface area contributed by atoms with E-state index in [1.807, 2.05) is 14.1 Å². The number of benzene rings is 1. The molecule has 5 heteroatoms. The highest BCUT2D eigenvalue weighted by Crippen LogP contribution is 2.24. The number of rotatable bonds is 5. The van der Waals surface area contributed by atoms with Gasteiger partial charge in [-0.2, -0.15) is 0 Å². The fourth-order valence-corrected chi connectivity index (χ4v) is 1.67. The van der Waals surface area contributed by atoms with Crippen molar-refractivity contribution in [3.05, 3.63) is 38.9 Å². The molecule has 0 fully saturated rings. The van der Waals surface area contributed by atoms with Crippen LogP contribution in [-0.2, 0) is 6.42 Å². The Balaban J connectivity index is 2.75. The van der Waals surface area contributed by atoms with Gasteiger partial charge in [-0.3, -0.25) is 10.1 Å². The van der Waals surface area contributed by atoms with Gasteiger partial charge in [0.1, 0.15) is 0 Å². The van der Waals surface area contributed by atoms with Crippen LogP contribution in [0.15, 0.2) is 18.2 Å². The first kappa shape index (κ1) is 12.9. The first-order valence-electron chi connectivity index (χ1n) is 5.08. The van der Waals surface area contributed by atoms with E-state index < -0.39 is 0 Å². The Kier molecular flexibility index (Phi) is 4.71. The van der Waals surface area contributed by atoms with Crippen molar-refractivity contribution >= 4 is 17.3 Å². The van der Waals surface area contributed by atoms with Crippen LogP contribution in [0.1, 0.15) is 12.0 Å². The lowest BCUT2D eigenvalue weighted by Gasteiger charge is -2.09. The van der Waals surface area contributed by atoms with E-state index in [2.05, 4.69) is 4.90 Å². The third kappa shape index (κ3) is 3.79. The summed E-state index contributed by atoms with van der Waals surface area (Å²) in [6.45, 7) is 0.916. The van der Waals surface area contributed by atoms with E-state index in [0.29, 0.717) is 11.4 Å². The molecule has 0 unspecified atom stereocenters. The standard InChI is InChI=1S/C11H15ClN2O2/c1-13(2)7-3-4-9-5-6-10(12)8-11(9)14(15)16/h5-6,8H,3-4,7H2,1-2H3. The largest absolute Gasteiger partial charge is 0.309 e. The van der Waals surface area contributed by atoms with E-state index in [1.54, 1.807) is 12.1 Å². The van der Waals surface area contributed by atoms with Gasteiger partial charge in [-0.1, -0.05) is 17.7 Å². The molecular formula is C11H15ClN2O2. The summed E-state index contributed by atoms with van der Waals surface area (Å²) >= 11 is 5.73. The number of nitrogens with zero attached hydrogens (tertiary/aromatic N) is 2. The SMILES string of the molecule is CN(C)CCCc1ccc(Cl)cc1[N+](=O)[O-]. The summed E-state index contributed by atoms with van der Waals surface area (Å²) in [5.41, 5.74) is 0.863. The maximum absolute atomic E-state index is 10.8. The summed E-state index contributed by atoms with van der Waals surface area (Å²) in [6.07, 6.45) is 1.60. The highest BCUT2D eigenvalue weighted by Gasteiger charge is 2.13. The zero-order chi connectivity index (χ0) is 12.1. The van der Waals surface area contributed by atoms with Gasteiger partial charge in [0, 0.05) is 16.7 Å². The molecule has 4 nitrogen and oxygen atoms in total. The zero-order valence-corrected chi connectivity index (χ0v) is 10.2. The van der Waals surface area contributed by atoms with Crippen molar-refractivity contribution in [1.82, 2.24) is 4.90 Å². The summed E-state index contributed by atoms with van der Waals surface area (Å²) in [5, 5.41) is 11.2. The Bertz CT molecular complexity index is 380. The molecule has 0 saturated heterocycles.